The van der Waals surface area contributed by atoms with E-state index in [-0.39, 0.29) is 19.4 Å². The number of allylic oxidation sites excluding steroid dienone is 8. The van der Waals surface area contributed by atoms with Gasteiger partial charge in [-0.15, -0.1) is 0 Å². The Kier molecular flexibility index (Phi) is 37.2. The molecule has 302 valence electrons. The molecule has 0 aliphatic carbocycles. The van der Waals surface area contributed by atoms with E-state index in [0.717, 1.165) is 38.5 Å². The van der Waals surface area contributed by atoms with Gasteiger partial charge in [-0.05, 0) is 51.4 Å². The molecule has 0 radical (unpaired) electrons. The minimum atomic E-state index is -4.77. The van der Waals surface area contributed by atoms with Gasteiger partial charge in [-0.3, -0.25) is 14.1 Å². The standard InChI is InChI=1S/C43H77O8P/c1-3-5-7-9-11-13-15-17-18-19-20-21-22-23-24-26-28-30-32-34-36-38-43(45)51-41(40-50-52(46,47)48)39-49-42(44)37-35-33-31-29-27-25-16-14-12-10-8-6-4-2/h18-19,21-22,24,26,30,32,41H,3-17,20,23,25,27-29,31,33-40H2,1-2H3,(H2,46,47,48)/b19-18+,22-21+,26-24+,32-30+/t41-/m1/s1. The first-order valence-corrected chi connectivity index (χ1v) is 22.5. The molecule has 0 aromatic carbocycles. The van der Waals surface area contributed by atoms with Crippen LogP contribution < -0.4 is 0 Å². The maximum atomic E-state index is 12.4. The third kappa shape index (κ3) is 40.8. The van der Waals surface area contributed by atoms with Crippen LogP contribution in [0, 0.1) is 0 Å². The van der Waals surface area contributed by atoms with Crippen molar-refractivity contribution in [3.63, 3.8) is 0 Å². The zero-order valence-corrected chi connectivity index (χ0v) is 34.1. The number of rotatable bonds is 38. The zero-order chi connectivity index (χ0) is 38.2. The predicted octanol–water partition coefficient (Wildman–Crippen LogP) is 12.7. The SMILES string of the molecule is CCCCCCCCC/C=C/C/C=C/C/C=C/C/C=C/CCCC(=O)O[C@H](COC(=O)CCCCCCCCCCCCCCC)COP(=O)(O)O. The quantitative estimate of drug-likeness (QED) is 0.0277. The number of ether oxygens (including phenoxy) is 2. The summed E-state index contributed by atoms with van der Waals surface area (Å²) < 4.78 is 26.3. The Bertz CT molecular complexity index is 984. The monoisotopic (exact) mass is 753 g/mol. The summed E-state index contributed by atoms with van der Waals surface area (Å²) in [6, 6.07) is 0. The van der Waals surface area contributed by atoms with Crippen LogP contribution in [0.5, 0.6) is 0 Å². The Morgan fingerprint density at radius 2 is 0.885 bits per heavy atom. The Labute approximate surface area is 318 Å². The molecule has 0 unspecified atom stereocenters. The summed E-state index contributed by atoms with van der Waals surface area (Å²) in [6.45, 7) is 3.64. The van der Waals surface area contributed by atoms with Crippen molar-refractivity contribution in [2.75, 3.05) is 13.2 Å². The van der Waals surface area contributed by atoms with Crippen LogP contribution in [0.15, 0.2) is 48.6 Å². The van der Waals surface area contributed by atoms with E-state index < -0.39 is 32.5 Å². The second-order valence-electron chi connectivity index (χ2n) is 14.0. The number of carbonyl (C=O) groups is 2. The van der Waals surface area contributed by atoms with E-state index in [1.165, 1.54) is 116 Å². The molecular formula is C43H77O8P. The summed E-state index contributed by atoms with van der Waals surface area (Å²) in [7, 11) is -4.77. The molecule has 0 rings (SSSR count). The van der Waals surface area contributed by atoms with Gasteiger partial charge in [0.05, 0.1) is 6.61 Å². The van der Waals surface area contributed by atoms with Gasteiger partial charge in [-0.1, -0.05) is 178 Å². The Hall–Kier alpha value is -1.99. The van der Waals surface area contributed by atoms with E-state index in [1.807, 2.05) is 6.08 Å². The molecule has 1 atom stereocenters. The van der Waals surface area contributed by atoms with E-state index in [0.29, 0.717) is 12.8 Å². The van der Waals surface area contributed by atoms with Crippen LogP contribution in [0.3, 0.4) is 0 Å². The zero-order valence-electron chi connectivity index (χ0n) is 33.2. The van der Waals surface area contributed by atoms with Gasteiger partial charge in [0, 0.05) is 12.8 Å². The molecule has 0 heterocycles. The number of phosphoric acid groups is 1. The number of carbonyl (C=O) groups excluding carboxylic acids is 2. The molecule has 0 aliphatic heterocycles. The van der Waals surface area contributed by atoms with Crippen LogP contribution >= 0.6 is 7.82 Å². The van der Waals surface area contributed by atoms with Gasteiger partial charge in [0.25, 0.3) is 0 Å². The first-order chi connectivity index (χ1) is 25.3. The van der Waals surface area contributed by atoms with E-state index in [2.05, 4.69) is 60.9 Å². The topological polar surface area (TPSA) is 119 Å². The van der Waals surface area contributed by atoms with Gasteiger partial charge in [-0.2, -0.15) is 0 Å². The van der Waals surface area contributed by atoms with Crippen LogP contribution in [-0.4, -0.2) is 41.0 Å². The van der Waals surface area contributed by atoms with Crippen molar-refractivity contribution in [3.8, 4) is 0 Å². The van der Waals surface area contributed by atoms with Gasteiger partial charge in [-0.25, -0.2) is 4.57 Å². The number of unbranched alkanes of at least 4 members (excludes halogenated alkanes) is 20. The summed E-state index contributed by atoms with van der Waals surface area (Å²) in [6.07, 6.45) is 47.0. The average molecular weight is 753 g/mol. The highest BCUT2D eigenvalue weighted by Gasteiger charge is 2.22. The summed E-state index contributed by atoms with van der Waals surface area (Å²) in [5.74, 6) is -0.948. The Morgan fingerprint density at radius 1 is 0.500 bits per heavy atom. The van der Waals surface area contributed by atoms with Crippen molar-refractivity contribution < 1.29 is 37.9 Å². The van der Waals surface area contributed by atoms with Gasteiger partial charge in [0.2, 0.25) is 0 Å². The molecule has 9 heteroatoms. The van der Waals surface area contributed by atoms with Crippen LogP contribution in [0.25, 0.3) is 0 Å². The van der Waals surface area contributed by atoms with E-state index in [1.54, 1.807) is 0 Å². The van der Waals surface area contributed by atoms with Gasteiger partial charge < -0.3 is 19.3 Å². The smallest absolute Gasteiger partial charge is 0.462 e. The summed E-state index contributed by atoms with van der Waals surface area (Å²) in [5.41, 5.74) is 0. The third-order valence-corrected chi connectivity index (χ3v) is 9.34. The molecule has 2 N–H and O–H groups in total. The van der Waals surface area contributed by atoms with Crippen LogP contribution in [0.1, 0.15) is 194 Å². The minimum absolute atomic E-state index is 0.137. The number of esters is 2. The van der Waals surface area contributed by atoms with Crippen LogP contribution in [0.4, 0.5) is 0 Å². The fraction of sp³-hybridized carbons (Fsp3) is 0.767. The molecule has 0 saturated carbocycles. The molecule has 0 bridgehead atoms. The first-order valence-electron chi connectivity index (χ1n) is 20.9. The van der Waals surface area contributed by atoms with Gasteiger partial charge in [0.15, 0.2) is 6.10 Å². The minimum Gasteiger partial charge on any atom is -0.462 e. The second kappa shape index (κ2) is 38.7. The molecule has 0 fully saturated rings. The lowest BCUT2D eigenvalue weighted by Crippen LogP contribution is -2.29. The molecule has 8 nitrogen and oxygen atoms in total. The summed E-state index contributed by atoms with van der Waals surface area (Å²) >= 11 is 0. The molecule has 0 aliphatic rings. The van der Waals surface area contributed by atoms with Crippen molar-refractivity contribution in [1.82, 2.24) is 0 Å². The molecule has 0 saturated heterocycles. The fourth-order valence-electron chi connectivity index (χ4n) is 5.72. The molecule has 0 spiro atoms. The Balaban J connectivity index is 4.02. The average Bonchev–Trinajstić information content (AvgIpc) is 3.11. The van der Waals surface area contributed by atoms with E-state index >= 15 is 0 Å². The summed E-state index contributed by atoms with van der Waals surface area (Å²) in [5, 5.41) is 0. The predicted molar refractivity (Wildman–Crippen MR) is 216 cm³/mol. The van der Waals surface area contributed by atoms with Gasteiger partial charge in [0.1, 0.15) is 6.61 Å². The number of hydrogen-bond acceptors (Lipinski definition) is 6. The van der Waals surface area contributed by atoms with Crippen molar-refractivity contribution in [2.45, 2.75) is 200 Å². The van der Waals surface area contributed by atoms with Crippen molar-refractivity contribution in [1.29, 1.82) is 0 Å². The molecule has 0 aromatic heterocycles. The fourth-order valence-corrected chi connectivity index (χ4v) is 6.08. The van der Waals surface area contributed by atoms with Crippen molar-refractivity contribution in [3.05, 3.63) is 48.6 Å². The number of hydrogen-bond donors (Lipinski definition) is 2. The second-order valence-corrected chi connectivity index (χ2v) is 15.2. The van der Waals surface area contributed by atoms with Crippen LogP contribution in [0.2, 0.25) is 0 Å². The maximum absolute atomic E-state index is 12.4. The lowest BCUT2D eigenvalue weighted by atomic mass is 10.0. The lowest BCUT2D eigenvalue weighted by molar-refractivity contribution is -0.161. The normalized spacial score (nSPS) is 12.9. The molecular weight excluding hydrogens is 675 g/mol. The highest BCUT2D eigenvalue weighted by atomic mass is 31.2. The third-order valence-electron chi connectivity index (χ3n) is 8.85. The highest BCUT2D eigenvalue weighted by Crippen LogP contribution is 2.36. The Morgan fingerprint density at radius 3 is 1.35 bits per heavy atom. The van der Waals surface area contributed by atoms with E-state index in [9.17, 15) is 14.2 Å². The van der Waals surface area contributed by atoms with Crippen molar-refractivity contribution >= 4 is 19.8 Å². The molecule has 52 heavy (non-hydrogen) atoms. The first kappa shape index (κ1) is 50.0. The number of phosphoric ester groups is 1. The van der Waals surface area contributed by atoms with Gasteiger partial charge >= 0.3 is 19.8 Å². The van der Waals surface area contributed by atoms with Crippen molar-refractivity contribution in [2.24, 2.45) is 0 Å². The largest absolute Gasteiger partial charge is 0.469 e. The summed E-state index contributed by atoms with van der Waals surface area (Å²) in [4.78, 5) is 42.8. The highest BCUT2D eigenvalue weighted by molar-refractivity contribution is 7.46. The van der Waals surface area contributed by atoms with Crippen LogP contribution in [-0.2, 0) is 28.2 Å². The maximum Gasteiger partial charge on any atom is 0.469 e. The lowest BCUT2D eigenvalue weighted by Gasteiger charge is -2.18. The molecule has 0 aromatic rings. The van der Waals surface area contributed by atoms with E-state index in [4.69, 9.17) is 19.3 Å². The molecule has 0 amide bonds.